The summed E-state index contributed by atoms with van der Waals surface area (Å²) in [4.78, 5) is 2.46. The van der Waals surface area contributed by atoms with Gasteiger partial charge in [0.15, 0.2) is 0 Å². The number of para-hydroxylation sites is 1. The molecule has 0 spiro atoms. The van der Waals surface area contributed by atoms with Crippen LogP contribution in [0.4, 0.5) is 0 Å². The van der Waals surface area contributed by atoms with Crippen LogP contribution in [-0.2, 0) is 18.3 Å². The summed E-state index contributed by atoms with van der Waals surface area (Å²) in [5.74, 6) is 0. The van der Waals surface area contributed by atoms with Crippen molar-refractivity contribution in [1.29, 1.82) is 0 Å². The number of rotatable bonds is 3. The lowest BCUT2D eigenvalue weighted by Crippen LogP contribution is -2.48. The molecule has 0 saturated carbocycles. The average Bonchev–Trinajstić information content (AvgIpc) is 2.78. The number of aryl methyl sites for hydroxylation is 1. The molecule has 2 aromatic rings. The normalized spacial score (nSPS) is 24.4. The number of morpholine rings is 1. The number of nitrogens with zero attached hydrogens (tertiary/aromatic N) is 3. The first-order valence-electron chi connectivity index (χ1n) is 7.01. The van der Waals surface area contributed by atoms with E-state index in [4.69, 9.17) is 9.84 Å². The van der Waals surface area contributed by atoms with Gasteiger partial charge in [-0.05, 0) is 13.0 Å². The molecule has 2 atom stereocenters. The van der Waals surface area contributed by atoms with Crippen LogP contribution in [-0.4, -0.2) is 45.3 Å². The zero-order chi connectivity index (χ0) is 14.1. The molecule has 0 amide bonds. The van der Waals surface area contributed by atoms with E-state index in [2.05, 4.69) is 52.0 Å². The molecule has 1 aromatic carbocycles. The molecule has 1 aliphatic rings. The Morgan fingerprint density at radius 3 is 3.00 bits per heavy atom. The van der Waals surface area contributed by atoms with Crippen LogP contribution >= 0.6 is 15.9 Å². The van der Waals surface area contributed by atoms with Crippen molar-refractivity contribution in [3.8, 4) is 0 Å². The average molecular weight is 338 g/mol. The molecule has 2 heterocycles. The van der Waals surface area contributed by atoms with Crippen molar-refractivity contribution in [2.75, 3.05) is 18.5 Å². The van der Waals surface area contributed by atoms with E-state index in [-0.39, 0.29) is 6.10 Å². The lowest BCUT2D eigenvalue weighted by molar-refractivity contribution is -0.0502. The number of fused-ring (bicyclic) bond motifs is 1. The van der Waals surface area contributed by atoms with Crippen LogP contribution in [0.5, 0.6) is 0 Å². The molecule has 1 aromatic heterocycles. The van der Waals surface area contributed by atoms with Gasteiger partial charge in [0.05, 0.1) is 23.9 Å². The van der Waals surface area contributed by atoms with Crippen LogP contribution in [0.25, 0.3) is 10.9 Å². The third kappa shape index (κ3) is 2.62. The van der Waals surface area contributed by atoms with E-state index in [9.17, 15) is 0 Å². The predicted octanol–water partition coefficient (Wildman–Crippen LogP) is 2.56. The van der Waals surface area contributed by atoms with Crippen molar-refractivity contribution in [2.24, 2.45) is 7.05 Å². The van der Waals surface area contributed by atoms with Crippen molar-refractivity contribution < 1.29 is 4.74 Å². The van der Waals surface area contributed by atoms with Crippen molar-refractivity contribution >= 4 is 26.8 Å². The second-order valence-electron chi connectivity index (χ2n) is 5.48. The summed E-state index contributed by atoms with van der Waals surface area (Å²) in [5.41, 5.74) is 2.35. The van der Waals surface area contributed by atoms with Gasteiger partial charge in [-0.2, -0.15) is 5.10 Å². The molecule has 0 radical (unpaired) electrons. The molecule has 2 unspecified atom stereocenters. The summed E-state index contributed by atoms with van der Waals surface area (Å²) in [6, 6.07) is 8.86. The first-order valence-corrected chi connectivity index (χ1v) is 8.13. The van der Waals surface area contributed by atoms with Crippen LogP contribution in [0.2, 0.25) is 0 Å². The Hall–Kier alpha value is -0.910. The number of hydrogen-bond acceptors (Lipinski definition) is 3. The van der Waals surface area contributed by atoms with Gasteiger partial charge < -0.3 is 4.74 Å². The Balaban J connectivity index is 1.85. The lowest BCUT2D eigenvalue weighted by Gasteiger charge is -2.37. The Kier molecular flexibility index (Phi) is 4.10. The Labute approximate surface area is 127 Å². The van der Waals surface area contributed by atoms with Gasteiger partial charge in [0.2, 0.25) is 0 Å². The van der Waals surface area contributed by atoms with Crippen LogP contribution in [0.1, 0.15) is 12.6 Å². The van der Waals surface area contributed by atoms with Gasteiger partial charge in [-0.1, -0.05) is 34.1 Å². The highest BCUT2D eigenvalue weighted by molar-refractivity contribution is 9.09. The minimum absolute atomic E-state index is 0.279. The van der Waals surface area contributed by atoms with Gasteiger partial charge in [0.1, 0.15) is 0 Å². The summed E-state index contributed by atoms with van der Waals surface area (Å²) < 4.78 is 7.76. The molecule has 0 aliphatic carbocycles. The van der Waals surface area contributed by atoms with E-state index in [1.54, 1.807) is 0 Å². The second-order valence-corrected chi connectivity index (χ2v) is 6.12. The maximum Gasteiger partial charge on any atom is 0.0843 e. The SMILES string of the molecule is CC1COC(CBr)CN1Cc1nn(C)c2ccccc12. The predicted molar refractivity (Wildman–Crippen MR) is 84.1 cm³/mol. The van der Waals surface area contributed by atoms with Crippen LogP contribution in [0, 0.1) is 0 Å². The van der Waals surface area contributed by atoms with E-state index >= 15 is 0 Å². The quantitative estimate of drug-likeness (QED) is 0.806. The third-order valence-corrected chi connectivity index (χ3v) is 4.72. The molecule has 1 aliphatic heterocycles. The van der Waals surface area contributed by atoms with Crippen LogP contribution in [0.15, 0.2) is 24.3 Å². The minimum Gasteiger partial charge on any atom is -0.374 e. The maximum atomic E-state index is 5.79. The van der Waals surface area contributed by atoms with Crippen molar-refractivity contribution in [3.05, 3.63) is 30.0 Å². The zero-order valence-electron chi connectivity index (χ0n) is 11.9. The van der Waals surface area contributed by atoms with E-state index in [0.717, 1.165) is 30.7 Å². The van der Waals surface area contributed by atoms with Gasteiger partial charge >= 0.3 is 0 Å². The lowest BCUT2D eigenvalue weighted by atomic mass is 10.1. The summed E-state index contributed by atoms with van der Waals surface area (Å²) in [5, 5.41) is 6.83. The molecule has 0 N–H and O–H groups in total. The fourth-order valence-electron chi connectivity index (χ4n) is 2.79. The standard InChI is InChI=1S/C15H20BrN3O/c1-11-10-20-12(7-16)8-19(11)9-14-13-5-3-4-6-15(13)18(2)17-14/h3-6,11-12H,7-10H2,1-2H3. The minimum atomic E-state index is 0.279. The highest BCUT2D eigenvalue weighted by Crippen LogP contribution is 2.22. The molecule has 0 bridgehead atoms. The monoisotopic (exact) mass is 337 g/mol. The molecule has 1 saturated heterocycles. The van der Waals surface area contributed by atoms with Gasteiger partial charge in [-0.3, -0.25) is 9.58 Å². The highest BCUT2D eigenvalue weighted by Gasteiger charge is 2.26. The zero-order valence-corrected chi connectivity index (χ0v) is 13.5. The molecule has 20 heavy (non-hydrogen) atoms. The highest BCUT2D eigenvalue weighted by atomic mass is 79.9. The first kappa shape index (κ1) is 14.0. The molecule has 4 nitrogen and oxygen atoms in total. The van der Waals surface area contributed by atoms with Gasteiger partial charge in [0.25, 0.3) is 0 Å². The molecule has 1 fully saturated rings. The Morgan fingerprint density at radius 1 is 1.40 bits per heavy atom. The summed E-state index contributed by atoms with van der Waals surface area (Å²) in [6.45, 7) is 4.85. The number of benzene rings is 1. The number of aromatic nitrogens is 2. The largest absolute Gasteiger partial charge is 0.374 e. The van der Waals surface area contributed by atoms with Crippen molar-refractivity contribution in [2.45, 2.75) is 25.6 Å². The van der Waals surface area contributed by atoms with Gasteiger partial charge in [-0.25, -0.2) is 0 Å². The maximum absolute atomic E-state index is 5.79. The Bertz CT molecular complexity index is 598. The molecule has 108 valence electrons. The van der Waals surface area contributed by atoms with E-state index in [0.29, 0.717) is 6.04 Å². The van der Waals surface area contributed by atoms with Crippen molar-refractivity contribution in [1.82, 2.24) is 14.7 Å². The Morgan fingerprint density at radius 2 is 2.20 bits per heavy atom. The molecular formula is C15H20BrN3O. The second kappa shape index (κ2) is 5.84. The van der Waals surface area contributed by atoms with E-state index < -0.39 is 0 Å². The topological polar surface area (TPSA) is 30.3 Å². The smallest absolute Gasteiger partial charge is 0.0843 e. The van der Waals surface area contributed by atoms with Crippen LogP contribution < -0.4 is 0 Å². The van der Waals surface area contributed by atoms with Crippen LogP contribution in [0.3, 0.4) is 0 Å². The fraction of sp³-hybridized carbons (Fsp3) is 0.533. The van der Waals surface area contributed by atoms with Gasteiger partial charge in [-0.15, -0.1) is 0 Å². The number of alkyl halides is 1. The third-order valence-electron chi connectivity index (χ3n) is 3.99. The number of hydrogen-bond donors (Lipinski definition) is 0. The molecule has 5 heteroatoms. The fourth-order valence-corrected chi connectivity index (χ4v) is 3.18. The van der Waals surface area contributed by atoms with Gasteiger partial charge in [0, 0.05) is 36.9 Å². The number of halogens is 1. The van der Waals surface area contributed by atoms with E-state index in [1.165, 1.54) is 10.9 Å². The first-order chi connectivity index (χ1) is 9.69. The summed E-state index contributed by atoms with van der Waals surface area (Å²) in [6.07, 6.45) is 0.279. The molecule has 3 rings (SSSR count). The molecular weight excluding hydrogens is 318 g/mol. The summed E-state index contributed by atoms with van der Waals surface area (Å²) in [7, 11) is 2.01. The van der Waals surface area contributed by atoms with E-state index in [1.807, 2.05) is 11.7 Å². The van der Waals surface area contributed by atoms with Crippen molar-refractivity contribution in [3.63, 3.8) is 0 Å². The number of ether oxygens (including phenoxy) is 1. The summed E-state index contributed by atoms with van der Waals surface area (Å²) >= 11 is 3.52.